The van der Waals surface area contributed by atoms with Crippen molar-refractivity contribution in [2.45, 2.75) is 55.8 Å². The first-order chi connectivity index (χ1) is 16.4. The zero-order chi connectivity index (χ0) is 25.4. The molecule has 1 aliphatic heterocycles. The molecule has 2 heterocycles. The van der Waals surface area contributed by atoms with Gasteiger partial charge in [0.15, 0.2) is 21.4 Å². The number of ether oxygens (including phenoxy) is 1. The molecule has 1 aromatic carbocycles. The van der Waals surface area contributed by atoms with Gasteiger partial charge >= 0.3 is 12.2 Å². The Morgan fingerprint density at radius 2 is 1.89 bits per heavy atom. The lowest BCUT2D eigenvalue weighted by atomic mass is 9.85. The van der Waals surface area contributed by atoms with Crippen molar-refractivity contribution in [2.24, 2.45) is 5.92 Å². The minimum atomic E-state index is -4.64. The lowest BCUT2D eigenvalue weighted by molar-refractivity contribution is -0.146. The van der Waals surface area contributed by atoms with E-state index in [2.05, 4.69) is 15.0 Å². The number of sulfone groups is 1. The van der Waals surface area contributed by atoms with Gasteiger partial charge < -0.3 is 14.2 Å². The summed E-state index contributed by atoms with van der Waals surface area (Å²) in [5, 5.41) is 3.05. The van der Waals surface area contributed by atoms with Crippen LogP contribution < -0.4 is 9.64 Å². The predicted molar refractivity (Wildman–Crippen MR) is 118 cm³/mol. The average molecular weight is 521 g/mol. The maximum atomic E-state index is 14.2. The Balaban J connectivity index is 1.25. The average Bonchev–Trinajstić information content (AvgIpc) is 3.28. The molecule has 4 rings (SSSR count). The van der Waals surface area contributed by atoms with Gasteiger partial charge in [-0.2, -0.15) is 18.2 Å². The number of anilines is 1. The number of rotatable bonds is 6. The van der Waals surface area contributed by atoms with Crippen LogP contribution in [0.5, 0.6) is 5.75 Å². The van der Waals surface area contributed by atoms with Crippen molar-refractivity contribution in [1.29, 1.82) is 0 Å². The summed E-state index contributed by atoms with van der Waals surface area (Å²) >= 11 is 0. The van der Waals surface area contributed by atoms with Crippen LogP contribution in [0.3, 0.4) is 0 Å². The lowest BCUT2D eigenvalue weighted by Gasteiger charge is -2.44. The second-order valence-corrected chi connectivity index (χ2v) is 11.3. The number of hydrogen-bond acceptors (Lipinski definition) is 8. The Morgan fingerprint density at radius 1 is 1.17 bits per heavy atom. The van der Waals surface area contributed by atoms with Crippen molar-refractivity contribution < 1.29 is 35.2 Å². The van der Waals surface area contributed by atoms with Crippen LogP contribution in [0.4, 0.5) is 23.6 Å². The number of aromatic nitrogens is 2. The van der Waals surface area contributed by atoms with E-state index in [0.29, 0.717) is 32.3 Å². The topological polar surface area (TPSA) is 88.8 Å². The molecule has 35 heavy (non-hydrogen) atoms. The maximum absolute atomic E-state index is 14.2. The molecule has 194 valence electrons. The Bertz CT molecular complexity index is 1130. The third-order valence-corrected chi connectivity index (χ3v) is 7.82. The summed E-state index contributed by atoms with van der Waals surface area (Å²) in [5.41, 5.74) is 0. The highest BCUT2D eigenvalue weighted by Crippen LogP contribution is 2.32. The molecule has 2 aliphatic rings. The molecule has 13 heteroatoms. The monoisotopic (exact) mass is 520 g/mol. The fraction of sp³-hybridized carbons (Fsp3) is 0.636. The highest BCUT2D eigenvalue weighted by molar-refractivity contribution is 7.90. The predicted octanol–water partition coefficient (Wildman–Crippen LogP) is 3.78. The second-order valence-electron chi connectivity index (χ2n) is 9.29. The molecule has 0 bridgehead atoms. The van der Waals surface area contributed by atoms with E-state index in [1.165, 1.54) is 12.1 Å². The quantitative estimate of drug-likeness (QED) is 0.532. The zero-order valence-electron chi connectivity index (χ0n) is 19.5. The van der Waals surface area contributed by atoms with E-state index in [1.54, 1.807) is 4.90 Å². The molecule has 1 saturated heterocycles. The van der Waals surface area contributed by atoms with E-state index in [9.17, 15) is 26.0 Å². The molecule has 1 saturated carbocycles. The minimum Gasteiger partial charge on any atom is -0.490 e. The van der Waals surface area contributed by atoms with E-state index >= 15 is 0 Å². The number of benzene rings is 1. The van der Waals surface area contributed by atoms with Gasteiger partial charge in [-0.25, -0.2) is 12.8 Å². The largest absolute Gasteiger partial charge is 0.490 e. The van der Waals surface area contributed by atoms with Crippen LogP contribution in [0.1, 0.15) is 38.4 Å². The zero-order valence-corrected chi connectivity index (χ0v) is 20.3. The first kappa shape index (κ1) is 25.7. The highest BCUT2D eigenvalue weighted by atomic mass is 32.2. The summed E-state index contributed by atoms with van der Waals surface area (Å²) in [6, 6.07) is 3.82. The van der Waals surface area contributed by atoms with Gasteiger partial charge in [0.1, 0.15) is 0 Å². The number of piperazine rings is 1. The molecular formula is C22H28F4N4O4S. The number of alkyl halides is 3. The van der Waals surface area contributed by atoms with E-state index in [4.69, 9.17) is 9.26 Å². The fourth-order valence-corrected chi connectivity index (χ4v) is 5.40. The van der Waals surface area contributed by atoms with Crippen LogP contribution in [0.25, 0.3) is 0 Å². The van der Waals surface area contributed by atoms with Crippen molar-refractivity contribution in [3.63, 3.8) is 0 Å². The van der Waals surface area contributed by atoms with Crippen LogP contribution in [-0.2, 0) is 16.0 Å². The van der Waals surface area contributed by atoms with Crippen molar-refractivity contribution in [3.8, 4) is 5.75 Å². The van der Waals surface area contributed by atoms with Crippen molar-refractivity contribution >= 4 is 15.9 Å². The van der Waals surface area contributed by atoms with Crippen molar-refractivity contribution in [2.75, 3.05) is 37.4 Å². The van der Waals surface area contributed by atoms with Gasteiger partial charge in [0, 0.05) is 38.0 Å². The van der Waals surface area contributed by atoms with Gasteiger partial charge in [-0.3, -0.25) is 4.90 Å². The summed E-state index contributed by atoms with van der Waals surface area (Å²) in [4.78, 5) is 7.48. The second kappa shape index (κ2) is 9.92. The number of nitrogens with zero attached hydrogens (tertiary/aromatic N) is 4. The van der Waals surface area contributed by atoms with Crippen molar-refractivity contribution in [1.82, 2.24) is 15.0 Å². The van der Waals surface area contributed by atoms with Gasteiger partial charge in [-0.1, -0.05) is 0 Å². The summed E-state index contributed by atoms with van der Waals surface area (Å²) in [5.74, 6) is -1.66. The molecule has 2 fully saturated rings. The van der Waals surface area contributed by atoms with Crippen LogP contribution >= 0.6 is 0 Å². The molecule has 1 aromatic heterocycles. The summed E-state index contributed by atoms with van der Waals surface area (Å²) in [6.07, 6.45) is 0.0720. The maximum Gasteiger partial charge on any atom is 0.455 e. The SMILES string of the molecule is C[C@H]1CN([C@H]2CC[C@H](COc3ccc(S(C)(=O)=O)cc3F)CC2)CCN1c1nc(C(F)(F)F)no1. The normalized spacial score (nSPS) is 24.5. The van der Waals surface area contributed by atoms with E-state index < -0.39 is 27.7 Å². The van der Waals surface area contributed by atoms with Gasteiger partial charge in [0.2, 0.25) is 0 Å². The number of hydrogen-bond donors (Lipinski definition) is 0. The van der Waals surface area contributed by atoms with Gasteiger partial charge in [-0.05, 0) is 61.9 Å². The number of halogens is 4. The third-order valence-electron chi connectivity index (χ3n) is 6.71. The molecule has 0 N–H and O–H groups in total. The van der Waals surface area contributed by atoms with Gasteiger partial charge in [-0.15, -0.1) is 0 Å². The summed E-state index contributed by atoms with van der Waals surface area (Å²) < 4.78 is 86.1. The van der Waals surface area contributed by atoms with Crippen LogP contribution in [0.2, 0.25) is 0 Å². The molecule has 0 spiro atoms. The molecule has 8 nitrogen and oxygen atoms in total. The molecule has 0 radical (unpaired) electrons. The standard InChI is InChI=1S/C22H28F4N4O4S/c1-14-12-29(9-10-30(14)21-27-20(28-34-21)22(24,25)26)16-5-3-15(4-6-16)13-33-19-8-7-17(11-18(19)23)35(2,31)32/h7-8,11,14-16H,3-6,9-10,12-13H2,1-2H3/t14-,15-,16-/m0/s1. The first-order valence-corrected chi connectivity index (χ1v) is 13.3. The summed E-state index contributed by atoms with van der Waals surface area (Å²) in [6.45, 7) is 4.12. The van der Waals surface area contributed by atoms with E-state index in [0.717, 1.165) is 38.0 Å². The van der Waals surface area contributed by atoms with Gasteiger partial charge in [0.25, 0.3) is 5.82 Å². The Kier molecular flexibility index (Phi) is 7.28. The van der Waals surface area contributed by atoms with Crippen LogP contribution in [0.15, 0.2) is 27.6 Å². The Hall–Kier alpha value is -2.41. The lowest BCUT2D eigenvalue weighted by Crippen LogP contribution is -2.55. The van der Waals surface area contributed by atoms with Crippen LogP contribution in [-0.4, -0.2) is 68.0 Å². The molecule has 2 aromatic rings. The third kappa shape index (κ3) is 6.05. The highest BCUT2D eigenvalue weighted by Gasteiger charge is 2.39. The smallest absolute Gasteiger partial charge is 0.455 e. The van der Waals surface area contributed by atoms with Crippen LogP contribution in [0, 0.1) is 11.7 Å². The minimum absolute atomic E-state index is 0.0409. The molecule has 1 atom stereocenters. The van der Waals surface area contributed by atoms with Crippen molar-refractivity contribution in [3.05, 3.63) is 29.8 Å². The first-order valence-electron chi connectivity index (χ1n) is 11.5. The Labute approximate surface area is 201 Å². The Morgan fingerprint density at radius 3 is 2.46 bits per heavy atom. The van der Waals surface area contributed by atoms with E-state index in [-0.39, 0.29) is 28.6 Å². The van der Waals surface area contributed by atoms with Gasteiger partial charge in [0.05, 0.1) is 11.5 Å². The summed E-state index contributed by atoms with van der Waals surface area (Å²) in [7, 11) is -3.48. The molecular weight excluding hydrogens is 492 g/mol. The fourth-order valence-electron chi connectivity index (χ4n) is 4.76. The molecule has 0 amide bonds. The van der Waals surface area contributed by atoms with E-state index in [1.807, 2.05) is 6.92 Å². The molecule has 1 aliphatic carbocycles. The molecule has 0 unspecified atom stereocenters.